The van der Waals surface area contributed by atoms with Crippen molar-refractivity contribution in [1.82, 2.24) is 0 Å². The predicted octanol–water partition coefficient (Wildman–Crippen LogP) is 9.88. The molecule has 0 bridgehead atoms. The van der Waals surface area contributed by atoms with E-state index in [0.29, 0.717) is 23.7 Å². The third-order valence-corrected chi connectivity index (χ3v) is 7.09. The van der Waals surface area contributed by atoms with Gasteiger partial charge in [-0.25, -0.2) is 0 Å². The van der Waals surface area contributed by atoms with Gasteiger partial charge in [-0.05, 0) is 71.6 Å². The molecule has 31 heavy (non-hydrogen) atoms. The second-order valence-electron chi connectivity index (χ2n) is 9.13. The lowest BCUT2D eigenvalue weighted by Gasteiger charge is -2.19. The van der Waals surface area contributed by atoms with Crippen molar-refractivity contribution in [3.05, 3.63) is 58.7 Å². The zero-order valence-corrected chi connectivity index (χ0v) is 21.0. The molecule has 0 fully saturated rings. The van der Waals surface area contributed by atoms with E-state index in [4.69, 9.17) is 9.98 Å². The highest BCUT2D eigenvalue weighted by atomic mass is 14.8. The van der Waals surface area contributed by atoms with E-state index in [1.54, 1.807) is 0 Å². The minimum Gasteiger partial charge on any atom is -0.187 e. The van der Waals surface area contributed by atoms with Crippen molar-refractivity contribution in [3.8, 4) is 0 Å². The third-order valence-electron chi connectivity index (χ3n) is 7.09. The summed E-state index contributed by atoms with van der Waals surface area (Å²) in [6.45, 7) is 18.1. The second-order valence-corrected chi connectivity index (χ2v) is 9.13. The van der Waals surface area contributed by atoms with Gasteiger partial charge in [-0.15, -0.1) is 0 Å². The SMILES string of the molecule is CCC(C)c1cccc(C(C)CC)c1N=C=Nc1c(C(C)CC)cccc1C(C)CC. The number of aliphatic imine (C=N–C) groups is 2. The van der Waals surface area contributed by atoms with E-state index in [1.807, 2.05) is 0 Å². The summed E-state index contributed by atoms with van der Waals surface area (Å²) in [5, 5.41) is 0. The van der Waals surface area contributed by atoms with E-state index in [9.17, 15) is 0 Å². The Morgan fingerprint density at radius 1 is 0.548 bits per heavy atom. The van der Waals surface area contributed by atoms with Gasteiger partial charge < -0.3 is 0 Å². The third kappa shape index (κ3) is 5.95. The molecule has 0 saturated carbocycles. The molecule has 0 heterocycles. The summed E-state index contributed by atoms with van der Waals surface area (Å²) in [4.78, 5) is 9.75. The molecular weight excluding hydrogens is 376 g/mol. The van der Waals surface area contributed by atoms with Crippen LogP contribution in [0, 0.1) is 0 Å². The summed E-state index contributed by atoms with van der Waals surface area (Å²) in [5.41, 5.74) is 7.36. The molecule has 0 radical (unpaired) electrons. The van der Waals surface area contributed by atoms with Gasteiger partial charge in [0.1, 0.15) is 6.01 Å². The fourth-order valence-corrected chi connectivity index (χ4v) is 4.01. The molecule has 0 amide bonds. The minimum atomic E-state index is 0.465. The van der Waals surface area contributed by atoms with Crippen LogP contribution in [0.2, 0.25) is 0 Å². The largest absolute Gasteiger partial charge is 0.187 e. The van der Waals surface area contributed by atoms with Crippen molar-refractivity contribution in [2.45, 2.75) is 105 Å². The first-order valence-electron chi connectivity index (χ1n) is 12.3. The Hall–Kier alpha value is -2.18. The molecule has 2 aromatic rings. The maximum atomic E-state index is 4.88. The summed E-state index contributed by atoms with van der Waals surface area (Å²) in [6.07, 6.45) is 4.38. The van der Waals surface area contributed by atoms with Crippen molar-refractivity contribution in [2.75, 3.05) is 0 Å². The van der Waals surface area contributed by atoms with E-state index in [0.717, 1.165) is 37.1 Å². The van der Waals surface area contributed by atoms with Gasteiger partial charge in [-0.3, -0.25) is 0 Å². The van der Waals surface area contributed by atoms with Crippen LogP contribution in [-0.2, 0) is 0 Å². The molecule has 2 aromatic carbocycles. The molecule has 4 unspecified atom stereocenters. The molecule has 2 nitrogen and oxygen atoms in total. The molecule has 0 aliphatic carbocycles. The van der Waals surface area contributed by atoms with Crippen molar-refractivity contribution in [1.29, 1.82) is 0 Å². The van der Waals surface area contributed by atoms with Gasteiger partial charge in [0.25, 0.3) is 0 Å². The van der Waals surface area contributed by atoms with Crippen molar-refractivity contribution >= 4 is 17.4 Å². The summed E-state index contributed by atoms with van der Waals surface area (Å²) in [6, 6.07) is 16.4. The van der Waals surface area contributed by atoms with Gasteiger partial charge in [0.05, 0.1) is 11.4 Å². The van der Waals surface area contributed by atoms with E-state index in [2.05, 4.69) is 97.8 Å². The van der Waals surface area contributed by atoms with Crippen LogP contribution in [0.4, 0.5) is 11.4 Å². The molecule has 0 spiro atoms. The molecule has 0 aliphatic rings. The monoisotopic (exact) mass is 418 g/mol. The highest BCUT2D eigenvalue weighted by Crippen LogP contribution is 2.38. The van der Waals surface area contributed by atoms with Gasteiger partial charge in [-0.1, -0.05) is 91.8 Å². The zero-order valence-electron chi connectivity index (χ0n) is 21.0. The van der Waals surface area contributed by atoms with Crippen molar-refractivity contribution in [2.24, 2.45) is 9.98 Å². The first-order valence-corrected chi connectivity index (χ1v) is 12.3. The Labute approximate surface area is 190 Å². The van der Waals surface area contributed by atoms with Crippen LogP contribution in [0.1, 0.15) is 127 Å². The Morgan fingerprint density at radius 3 is 1.03 bits per heavy atom. The average molecular weight is 419 g/mol. The molecule has 2 rings (SSSR count). The number of benzene rings is 2. The summed E-state index contributed by atoms with van der Waals surface area (Å²) < 4.78 is 0. The standard InChI is InChI=1S/C29H42N2/c1-9-20(5)24-15-13-16-25(21(6)10-2)28(24)30-19-31-29-26(22(7)11-3)17-14-18-27(29)23(8)12-4/h13-18,20-23H,9-12H2,1-8H3. The van der Waals surface area contributed by atoms with Crippen molar-refractivity contribution in [3.63, 3.8) is 0 Å². The van der Waals surface area contributed by atoms with Crippen molar-refractivity contribution < 1.29 is 0 Å². The molecule has 168 valence electrons. The van der Waals surface area contributed by atoms with Crippen LogP contribution < -0.4 is 0 Å². The van der Waals surface area contributed by atoms with E-state index in [-0.39, 0.29) is 0 Å². The number of hydrogen-bond donors (Lipinski definition) is 0. The van der Waals surface area contributed by atoms with Crippen LogP contribution in [0.15, 0.2) is 46.4 Å². The predicted molar refractivity (Wildman–Crippen MR) is 137 cm³/mol. The second kappa shape index (κ2) is 12.0. The van der Waals surface area contributed by atoms with Crippen LogP contribution in [0.5, 0.6) is 0 Å². The van der Waals surface area contributed by atoms with Gasteiger partial charge in [-0.2, -0.15) is 9.98 Å². The minimum absolute atomic E-state index is 0.465. The topological polar surface area (TPSA) is 24.7 Å². The lowest BCUT2D eigenvalue weighted by Crippen LogP contribution is -1.99. The molecular formula is C29H42N2. The van der Waals surface area contributed by atoms with Gasteiger partial charge in [0.15, 0.2) is 0 Å². The van der Waals surface area contributed by atoms with Crippen LogP contribution >= 0.6 is 0 Å². The lowest BCUT2D eigenvalue weighted by molar-refractivity contribution is 0.712. The maximum Gasteiger partial charge on any atom is 0.101 e. The number of hydrogen-bond acceptors (Lipinski definition) is 2. The van der Waals surface area contributed by atoms with E-state index in [1.165, 1.54) is 22.3 Å². The van der Waals surface area contributed by atoms with Gasteiger partial charge in [0, 0.05) is 0 Å². The molecule has 0 aromatic heterocycles. The molecule has 2 heteroatoms. The number of para-hydroxylation sites is 2. The fourth-order valence-electron chi connectivity index (χ4n) is 4.01. The molecule has 0 saturated heterocycles. The Kier molecular flexibility index (Phi) is 9.72. The van der Waals surface area contributed by atoms with E-state index >= 15 is 0 Å². The summed E-state index contributed by atoms with van der Waals surface area (Å²) in [5.74, 6) is 1.86. The van der Waals surface area contributed by atoms with Gasteiger partial charge in [0.2, 0.25) is 0 Å². The average Bonchev–Trinajstić information content (AvgIpc) is 2.81. The first kappa shape index (κ1) is 25.1. The van der Waals surface area contributed by atoms with Crippen LogP contribution in [0.25, 0.3) is 0 Å². The Balaban J connectivity index is 2.66. The quantitative estimate of drug-likeness (QED) is 0.343. The molecule has 0 aliphatic heterocycles. The van der Waals surface area contributed by atoms with E-state index < -0.39 is 0 Å². The number of nitrogens with zero attached hydrogens (tertiary/aromatic N) is 2. The Morgan fingerprint density at radius 2 is 0.806 bits per heavy atom. The Bertz CT molecular complexity index is 777. The smallest absolute Gasteiger partial charge is 0.101 e. The zero-order chi connectivity index (χ0) is 23.0. The fraction of sp³-hybridized carbons (Fsp3) is 0.552. The number of rotatable bonds is 10. The molecule has 4 atom stereocenters. The maximum absolute atomic E-state index is 4.88. The van der Waals surface area contributed by atoms with Crippen LogP contribution in [-0.4, -0.2) is 6.01 Å². The lowest BCUT2D eigenvalue weighted by atomic mass is 9.89. The first-order chi connectivity index (χ1) is 14.9. The normalized spacial score (nSPS) is 15.0. The highest BCUT2D eigenvalue weighted by Gasteiger charge is 2.17. The highest BCUT2D eigenvalue weighted by molar-refractivity contribution is 5.67. The summed E-state index contributed by atoms with van der Waals surface area (Å²) >= 11 is 0. The molecule has 0 N–H and O–H groups in total. The summed E-state index contributed by atoms with van der Waals surface area (Å²) in [7, 11) is 0. The van der Waals surface area contributed by atoms with Crippen LogP contribution in [0.3, 0.4) is 0 Å². The van der Waals surface area contributed by atoms with Gasteiger partial charge >= 0.3 is 0 Å².